The molecule has 0 amide bonds. The first-order valence-electron chi connectivity index (χ1n) is 8.78. The molecule has 0 N–H and O–H groups in total. The Kier molecular flexibility index (Phi) is 6.95. The van der Waals surface area contributed by atoms with E-state index in [2.05, 4.69) is 0 Å². The van der Waals surface area contributed by atoms with Gasteiger partial charge in [0.05, 0.1) is 9.79 Å². The van der Waals surface area contributed by atoms with E-state index in [0.29, 0.717) is 12.8 Å². The summed E-state index contributed by atoms with van der Waals surface area (Å²) in [5, 5.41) is 0. The van der Waals surface area contributed by atoms with Crippen LogP contribution in [0.15, 0.2) is 70.5 Å². The summed E-state index contributed by atoms with van der Waals surface area (Å²) in [4.78, 5) is 11.7. The highest BCUT2D eigenvalue weighted by atomic mass is 32.3. The predicted octanol–water partition coefficient (Wildman–Crippen LogP) is 3.66. The molecule has 0 bridgehead atoms. The summed E-state index contributed by atoms with van der Waals surface area (Å²) < 4.78 is 51.7. The molecule has 2 rings (SSSR count). The summed E-state index contributed by atoms with van der Waals surface area (Å²) in [5.74, 6) is -1.05. The zero-order chi connectivity index (χ0) is 20.1. The Morgan fingerprint density at radius 3 is 1.56 bits per heavy atom. The molecule has 0 radical (unpaired) electrons. The topological polar surface area (TPSA) is 85.3 Å². The van der Waals surface area contributed by atoms with Gasteiger partial charge in [0.1, 0.15) is 5.78 Å². The Morgan fingerprint density at radius 2 is 1.22 bits per heavy atom. The molecule has 0 heterocycles. The number of sulfone groups is 2. The lowest BCUT2D eigenvalue weighted by Crippen LogP contribution is -2.38. The van der Waals surface area contributed by atoms with E-state index < -0.39 is 30.2 Å². The number of carbonyl (C=O) groups is 1. The zero-order valence-electron chi connectivity index (χ0n) is 15.4. The highest BCUT2D eigenvalue weighted by Crippen LogP contribution is 2.34. The van der Waals surface area contributed by atoms with Crippen LogP contribution in [-0.2, 0) is 24.5 Å². The predicted molar refractivity (Wildman–Crippen MR) is 105 cm³/mol. The molecule has 0 aliphatic heterocycles. The largest absolute Gasteiger partial charge is 0.300 e. The van der Waals surface area contributed by atoms with Crippen LogP contribution in [0.25, 0.3) is 0 Å². The van der Waals surface area contributed by atoms with Crippen molar-refractivity contribution in [1.29, 1.82) is 0 Å². The van der Waals surface area contributed by atoms with Gasteiger partial charge in [0.2, 0.25) is 0 Å². The average molecular weight is 409 g/mol. The van der Waals surface area contributed by atoms with Gasteiger partial charge in [-0.25, -0.2) is 16.8 Å². The Hall–Kier alpha value is -1.99. The van der Waals surface area contributed by atoms with Gasteiger partial charge in [0, 0.05) is 6.42 Å². The first-order valence-corrected chi connectivity index (χ1v) is 11.9. The molecule has 0 aliphatic rings. The third-order valence-corrected chi connectivity index (χ3v) is 9.72. The lowest BCUT2D eigenvalue weighted by atomic mass is 10.00. The van der Waals surface area contributed by atoms with Crippen LogP contribution in [0.2, 0.25) is 0 Å². The second-order valence-electron chi connectivity index (χ2n) is 6.54. The van der Waals surface area contributed by atoms with Crippen LogP contribution in [0.5, 0.6) is 0 Å². The van der Waals surface area contributed by atoms with E-state index in [9.17, 15) is 21.6 Å². The van der Waals surface area contributed by atoms with Crippen molar-refractivity contribution in [3.63, 3.8) is 0 Å². The highest BCUT2D eigenvalue weighted by Gasteiger charge is 2.45. The fourth-order valence-corrected chi connectivity index (χ4v) is 8.32. The average Bonchev–Trinajstić information content (AvgIpc) is 2.62. The molecule has 0 aliphatic carbocycles. The molecule has 0 spiro atoms. The van der Waals surface area contributed by atoms with Gasteiger partial charge in [0.15, 0.2) is 24.3 Å². The van der Waals surface area contributed by atoms with E-state index in [4.69, 9.17) is 0 Å². The number of rotatable bonds is 9. The maximum atomic E-state index is 13.4. The molecule has 2 aromatic carbocycles. The second kappa shape index (κ2) is 8.80. The van der Waals surface area contributed by atoms with E-state index in [-0.39, 0.29) is 22.0 Å². The first kappa shape index (κ1) is 21.3. The summed E-state index contributed by atoms with van der Waals surface area (Å²) >= 11 is 0. The third kappa shape index (κ3) is 4.84. The van der Waals surface area contributed by atoms with Crippen molar-refractivity contribution in [2.24, 2.45) is 5.92 Å². The molecule has 146 valence electrons. The van der Waals surface area contributed by atoms with Crippen LogP contribution < -0.4 is 0 Å². The van der Waals surface area contributed by atoms with Crippen LogP contribution in [0, 0.1) is 5.92 Å². The lowest BCUT2D eigenvalue weighted by Gasteiger charge is -2.26. The quantitative estimate of drug-likeness (QED) is 0.632. The van der Waals surface area contributed by atoms with Crippen molar-refractivity contribution in [3.8, 4) is 0 Å². The minimum atomic E-state index is -4.21. The van der Waals surface area contributed by atoms with Crippen LogP contribution in [0.1, 0.15) is 33.1 Å². The standard InChI is InChI=1S/C20H24O5S2/c1-3-10-17(15-16(2)21)20(26(22,23)18-11-6-4-7-12-18)27(24,25)19-13-8-5-9-14-19/h4-9,11-14,17,20H,3,10,15H2,1-2H3/t17-/m1/s1. The second-order valence-corrected chi connectivity index (χ2v) is 11.0. The van der Waals surface area contributed by atoms with Crippen molar-refractivity contribution in [1.82, 2.24) is 0 Å². The van der Waals surface area contributed by atoms with E-state index >= 15 is 0 Å². The van der Waals surface area contributed by atoms with Crippen molar-refractivity contribution < 1.29 is 21.6 Å². The van der Waals surface area contributed by atoms with E-state index in [1.165, 1.54) is 31.2 Å². The normalized spacial score (nSPS) is 13.4. The summed E-state index contributed by atoms with van der Waals surface area (Å²) in [5.41, 5.74) is 0. The molecule has 2 aromatic rings. The molecule has 27 heavy (non-hydrogen) atoms. The summed E-state index contributed by atoms with van der Waals surface area (Å²) in [6.45, 7) is 3.19. The molecule has 1 atom stereocenters. The van der Waals surface area contributed by atoms with Crippen molar-refractivity contribution in [2.45, 2.75) is 47.5 Å². The highest BCUT2D eigenvalue weighted by molar-refractivity contribution is 8.09. The van der Waals surface area contributed by atoms with Gasteiger partial charge in [-0.15, -0.1) is 0 Å². The molecular formula is C20H24O5S2. The third-order valence-electron chi connectivity index (χ3n) is 4.35. The van der Waals surface area contributed by atoms with Gasteiger partial charge in [-0.2, -0.15) is 0 Å². The van der Waals surface area contributed by atoms with E-state index in [1.54, 1.807) is 36.4 Å². The Morgan fingerprint density at radius 1 is 0.815 bits per heavy atom. The number of ketones is 1. The summed E-state index contributed by atoms with van der Waals surface area (Å²) in [6.07, 6.45) is 0.794. The zero-order valence-corrected chi connectivity index (χ0v) is 17.0. The van der Waals surface area contributed by atoms with Crippen LogP contribution >= 0.6 is 0 Å². The summed E-state index contributed by atoms with van der Waals surface area (Å²) in [7, 11) is -8.43. The Bertz CT molecular complexity index is 896. The molecule has 0 fully saturated rings. The number of hydrogen-bond donors (Lipinski definition) is 0. The molecular weight excluding hydrogens is 384 g/mol. The Balaban J connectivity index is 2.70. The molecule has 5 nitrogen and oxygen atoms in total. The molecule has 7 heteroatoms. The minimum Gasteiger partial charge on any atom is -0.300 e. The van der Waals surface area contributed by atoms with Crippen molar-refractivity contribution in [3.05, 3.63) is 60.7 Å². The molecule has 0 saturated heterocycles. The monoisotopic (exact) mass is 408 g/mol. The number of hydrogen-bond acceptors (Lipinski definition) is 5. The van der Waals surface area contributed by atoms with Crippen LogP contribution in [-0.4, -0.2) is 27.2 Å². The van der Waals surface area contributed by atoms with Gasteiger partial charge in [-0.05, 0) is 43.5 Å². The van der Waals surface area contributed by atoms with Gasteiger partial charge in [0.25, 0.3) is 0 Å². The molecule has 0 aromatic heterocycles. The molecule has 0 unspecified atom stereocenters. The smallest absolute Gasteiger partial charge is 0.196 e. The summed E-state index contributed by atoms with van der Waals surface area (Å²) in [6, 6.07) is 15.1. The van der Waals surface area contributed by atoms with Gasteiger partial charge in [-0.3, -0.25) is 0 Å². The Labute approximate surface area is 161 Å². The first-order chi connectivity index (χ1) is 12.7. The maximum absolute atomic E-state index is 13.4. The van der Waals surface area contributed by atoms with Gasteiger partial charge in [-0.1, -0.05) is 49.7 Å². The van der Waals surface area contributed by atoms with Gasteiger partial charge < -0.3 is 4.79 Å². The lowest BCUT2D eigenvalue weighted by molar-refractivity contribution is -0.117. The van der Waals surface area contributed by atoms with Gasteiger partial charge >= 0.3 is 0 Å². The maximum Gasteiger partial charge on any atom is 0.196 e. The molecule has 0 saturated carbocycles. The number of benzene rings is 2. The van der Waals surface area contributed by atoms with Crippen LogP contribution in [0.3, 0.4) is 0 Å². The SMILES string of the molecule is CCC[C@H](CC(C)=O)C(S(=O)(=O)c1ccccc1)S(=O)(=O)c1ccccc1. The van der Waals surface area contributed by atoms with Crippen molar-refractivity contribution in [2.75, 3.05) is 0 Å². The fourth-order valence-electron chi connectivity index (χ4n) is 3.24. The minimum absolute atomic E-state index is 0.0563. The van der Waals surface area contributed by atoms with E-state index in [0.717, 1.165) is 0 Å². The number of carbonyl (C=O) groups excluding carboxylic acids is 1. The fraction of sp³-hybridized carbons (Fsp3) is 0.350. The van der Waals surface area contributed by atoms with Crippen molar-refractivity contribution >= 4 is 25.5 Å². The van der Waals surface area contributed by atoms with E-state index in [1.807, 2.05) is 6.92 Å². The number of Topliss-reactive ketones (excluding diaryl/α,β-unsaturated/α-hetero) is 1. The van der Waals surface area contributed by atoms with Crippen LogP contribution in [0.4, 0.5) is 0 Å².